The molecular formula is C20H20N4O4. The number of hydrogen-bond acceptors (Lipinski definition) is 5. The SMILES string of the molecule is O=C(NCCn1cnc2ccccc2c1=O)C1CC(=O)N(Cc2ccco2)C1. The van der Waals surface area contributed by atoms with Crippen molar-refractivity contribution in [3.05, 3.63) is 65.1 Å². The molecule has 8 nitrogen and oxygen atoms in total. The molecule has 3 aromatic rings. The van der Waals surface area contributed by atoms with Crippen molar-refractivity contribution < 1.29 is 14.0 Å². The van der Waals surface area contributed by atoms with E-state index in [-0.39, 0.29) is 23.8 Å². The first kappa shape index (κ1) is 18.0. The minimum atomic E-state index is -0.395. The number of para-hydroxylation sites is 1. The number of fused-ring (bicyclic) bond motifs is 1. The summed E-state index contributed by atoms with van der Waals surface area (Å²) < 4.78 is 6.74. The van der Waals surface area contributed by atoms with E-state index in [4.69, 9.17) is 4.42 Å². The lowest BCUT2D eigenvalue weighted by atomic mass is 10.1. The average Bonchev–Trinajstić information content (AvgIpc) is 3.34. The number of likely N-dealkylation sites (tertiary alicyclic amines) is 1. The molecule has 144 valence electrons. The van der Waals surface area contributed by atoms with Gasteiger partial charge in [-0.15, -0.1) is 0 Å². The molecule has 0 aliphatic carbocycles. The fourth-order valence-corrected chi connectivity index (χ4v) is 3.40. The Hall–Kier alpha value is -3.42. The molecule has 1 atom stereocenters. The van der Waals surface area contributed by atoms with Gasteiger partial charge in [0.25, 0.3) is 5.56 Å². The number of nitrogens with one attached hydrogen (secondary N) is 1. The Morgan fingerprint density at radius 1 is 1.21 bits per heavy atom. The monoisotopic (exact) mass is 380 g/mol. The van der Waals surface area contributed by atoms with Gasteiger partial charge in [0.05, 0.1) is 36.0 Å². The van der Waals surface area contributed by atoms with Gasteiger partial charge in [0.1, 0.15) is 5.76 Å². The molecule has 1 aliphatic heterocycles. The predicted molar refractivity (Wildman–Crippen MR) is 101 cm³/mol. The minimum Gasteiger partial charge on any atom is -0.467 e. The Labute approximate surface area is 160 Å². The van der Waals surface area contributed by atoms with Gasteiger partial charge in [-0.05, 0) is 24.3 Å². The molecule has 2 amide bonds. The molecule has 8 heteroatoms. The molecule has 1 aliphatic rings. The third-order valence-electron chi connectivity index (χ3n) is 4.90. The van der Waals surface area contributed by atoms with Gasteiger partial charge in [-0.2, -0.15) is 0 Å². The van der Waals surface area contributed by atoms with Crippen LogP contribution in [0.25, 0.3) is 10.9 Å². The van der Waals surface area contributed by atoms with Gasteiger partial charge in [-0.1, -0.05) is 12.1 Å². The number of carbonyl (C=O) groups excluding carboxylic acids is 2. The van der Waals surface area contributed by atoms with Crippen LogP contribution in [0.15, 0.2) is 58.2 Å². The first-order valence-corrected chi connectivity index (χ1v) is 9.14. The Morgan fingerprint density at radius 2 is 2.07 bits per heavy atom. The zero-order valence-electron chi connectivity index (χ0n) is 15.2. The molecule has 0 radical (unpaired) electrons. The topological polar surface area (TPSA) is 97.4 Å². The summed E-state index contributed by atoms with van der Waals surface area (Å²) in [7, 11) is 0. The van der Waals surface area contributed by atoms with Crippen LogP contribution in [-0.4, -0.2) is 39.4 Å². The lowest BCUT2D eigenvalue weighted by Gasteiger charge is -2.15. The normalized spacial score (nSPS) is 16.6. The highest BCUT2D eigenvalue weighted by atomic mass is 16.3. The van der Waals surface area contributed by atoms with Gasteiger partial charge in [0.2, 0.25) is 11.8 Å². The van der Waals surface area contributed by atoms with E-state index in [1.165, 1.54) is 10.9 Å². The van der Waals surface area contributed by atoms with E-state index < -0.39 is 5.92 Å². The second kappa shape index (κ2) is 7.67. The third-order valence-corrected chi connectivity index (χ3v) is 4.90. The van der Waals surface area contributed by atoms with Gasteiger partial charge in [0.15, 0.2) is 0 Å². The van der Waals surface area contributed by atoms with Gasteiger partial charge < -0.3 is 14.6 Å². The molecule has 0 spiro atoms. The van der Waals surface area contributed by atoms with Crippen molar-refractivity contribution in [2.75, 3.05) is 13.1 Å². The number of furan rings is 1. The Bertz CT molecular complexity index is 1060. The molecule has 1 unspecified atom stereocenters. The largest absolute Gasteiger partial charge is 0.467 e. The average molecular weight is 380 g/mol. The van der Waals surface area contributed by atoms with Gasteiger partial charge in [-0.3, -0.25) is 19.0 Å². The van der Waals surface area contributed by atoms with E-state index in [0.717, 1.165) is 0 Å². The van der Waals surface area contributed by atoms with Crippen LogP contribution in [0.4, 0.5) is 0 Å². The minimum absolute atomic E-state index is 0.0634. The summed E-state index contributed by atoms with van der Waals surface area (Å²) >= 11 is 0. The maximum absolute atomic E-state index is 12.4. The summed E-state index contributed by atoms with van der Waals surface area (Å²) in [5.41, 5.74) is 0.509. The van der Waals surface area contributed by atoms with Crippen molar-refractivity contribution in [2.24, 2.45) is 5.92 Å². The lowest BCUT2D eigenvalue weighted by molar-refractivity contribution is -0.129. The van der Waals surface area contributed by atoms with Crippen molar-refractivity contribution in [3.8, 4) is 0 Å². The highest BCUT2D eigenvalue weighted by Crippen LogP contribution is 2.20. The number of rotatable bonds is 6. The summed E-state index contributed by atoms with van der Waals surface area (Å²) in [6, 6.07) is 10.7. The quantitative estimate of drug-likeness (QED) is 0.692. The van der Waals surface area contributed by atoms with Gasteiger partial charge in [0, 0.05) is 26.1 Å². The van der Waals surface area contributed by atoms with E-state index in [9.17, 15) is 14.4 Å². The molecule has 1 N–H and O–H groups in total. The molecule has 2 aromatic heterocycles. The van der Waals surface area contributed by atoms with Crippen molar-refractivity contribution in [1.29, 1.82) is 0 Å². The number of aromatic nitrogens is 2. The molecule has 4 rings (SSSR count). The van der Waals surface area contributed by atoms with Gasteiger partial charge >= 0.3 is 0 Å². The standard InChI is InChI=1S/C20H20N4O4/c25-18-10-14(11-24(18)12-15-4-3-9-28-15)19(26)21-7-8-23-13-22-17-6-2-1-5-16(17)20(23)27/h1-6,9,13-14H,7-8,10-12H2,(H,21,26). The predicted octanol–water partition coefficient (Wildman–Crippen LogP) is 1.15. The van der Waals surface area contributed by atoms with Crippen LogP contribution in [0.3, 0.4) is 0 Å². The smallest absolute Gasteiger partial charge is 0.261 e. The fraction of sp³-hybridized carbons (Fsp3) is 0.300. The molecular weight excluding hydrogens is 360 g/mol. The van der Waals surface area contributed by atoms with Gasteiger partial charge in [-0.25, -0.2) is 4.98 Å². The highest BCUT2D eigenvalue weighted by Gasteiger charge is 2.34. The number of amides is 2. The molecule has 1 fully saturated rings. The van der Waals surface area contributed by atoms with E-state index in [2.05, 4.69) is 10.3 Å². The van der Waals surface area contributed by atoms with Crippen LogP contribution >= 0.6 is 0 Å². The molecule has 0 bridgehead atoms. The van der Waals surface area contributed by atoms with Crippen LogP contribution in [0.5, 0.6) is 0 Å². The van der Waals surface area contributed by atoms with Crippen molar-refractivity contribution in [1.82, 2.24) is 19.8 Å². The molecule has 1 aromatic carbocycles. The maximum Gasteiger partial charge on any atom is 0.261 e. The van der Waals surface area contributed by atoms with E-state index in [1.54, 1.807) is 41.5 Å². The summed E-state index contributed by atoms with van der Waals surface area (Å²) in [5.74, 6) is 0.0510. The summed E-state index contributed by atoms with van der Waals surface area (Å²) in [6.07, 6.45) is 3.23. The third kappa shape index (κ3) is 3.66. The van der Waals surface area contributed by atoms with Crippen LogP contribution in [0.1, 0.15) is 12.2 Å². The second-order valence-electron chi connectivity index (χ2n) is 6.81. The fourth-order valence-electron chi connectivity index (χ4n) is 3.40. The molecule has 3 heterocycles. The van der Waals surface area contributed by atoms with Crippen LogP contribution < -0.4 is 10.9 Å². The lowest BCUT2D eigenvalue weighted by Crippen LogP contribution is -2.36. The Morgan fingerprint density at radius 3 is 2.89 bits per heavy atom. The van der Waals surface area contributed by atoms with Crippen LogP contribution in [0.2, 0.25) is 0 Å². The van der Waals surface area contributed by atoms with E-state index in [0.29, 0.717) is 42.8 Å². The van der Waals surface area contributed by atoms with E-state index in [1.807, 2.05) is 6.07 Å². The zero-order chi connectivity index (χ0) is 19.5. The molecule has 28 heavy (non-hydrogen) atoms. The van der Waals surface area contributed by atoms with Crippen molar-refractivity contribution >= 4 is 22.7 Å². The number of hydrogen-bond donors (Lipinski definition) is 1. The molecule has 0 saturated carbocycles. The summed E-state index contributed by atoms with van der Waals surface area (Å²) in [6.45, 7) is 1.34. The summed E-state index contributed by atoms with van der Waals surface area (Å²) in [4.78, 5) is 42.9. The number of carbonyl (C=O) groups is 2. The first-order chi connectivity index (χ1) is 13.6. The maximum atomic E-state index is 12.4. The molecule has 1 saturated heterocycles. The zero-order valence-corrected chi connectivity index (χ0v) is 15.2. The number of nitrogens with zero attached hydrogens (tertiary/aromatic N) is 3. The number of benzene rings is 1. The van der Waals surface area contributed by atoms with Crippen LogP contribution in [0, 0.1) is 5.92 Å². The first-order valence-electron chi connectivity index (χ1n) is 9.14. The van der Waals surface area contributed by atoms with Crippen LogP contribution in [-0.2, 0) is 22.7 Å². The highest BCUT2D eigenvalue weighted by molar-refractivity contribution is 5.89. The van der Waals surface area contributed by atoms with Crippen molar-refractivity contribution in [2.45, 2.75) is 19.5 Å². The van der Waals surface area contributed by atoms with E-state index >= 15 is 0 Å². The summed E-state index contributed by atoms with van der Waals surface area (Å²) in [5, 5.41) is 3.37. The Balaban J connectivity index is 1.32. The Kier molecular flexibility index (Phi) is 4.92. The second-order valence-corrected chi connectivity index (χ2v) is 6.81. The van der Waals surface area contributed by atoms with Crippen molar-refractivity contribution in [3.63, 3.8) is 0 Å².